The van der Waals surface area contributed by atoms with E-state index in [9.17, 15) is 4.79 Å². The van der Waals surface area contributed by atoms with Crippen molar-refractivity contribution in [3.8, 4) is 0 Å². The molecule has 0 unspecified atom stereocenters. The van der Waals surface area contributed by atoms with E-state index in [2.05, 4.69) is 36.4 Å². The van der Waals surface area contributed by atoms with Crippen LogP contribution in [0, 0.1) is 11.3 Å². The molecular formula is C20H32N4O. The fraction of sp³-hybridized carbons (Fsp3) is 0.600. The molecule has 5 heteroatoms. The molecule has 1 amide bonds. The predicted octanol–water partition coefficient (Wildman–Crippen LogP) is 3.06. The number of hydrogen-bond donors (Lipinski definition) is 3. The number of carbonyl (C=O) groups excluding carboxylic acids is 1. The zero-order valence-electron chi connectivity index (χ0n) is 15.8. The Hall–Kier alpha value is -2.04. The maximum atomic E-state index is 11.3. The SMILES string of the molecule is CCNC(=NCc1cccc(C(N)=O)c1)NCC1(CC(C)C)CCC1. The third-order valence-corrected chi connectivity index (χ3v) is 4.86. The molecule has 0 spiro atoms. The highest BCUT2D eigenvalue weighted by molar-refractivity contribution is 5.92. The molecule has 0 heterocycles. The minimum atomic E-state index is -0.406. The third kappa shape index (κ3) is 5.76. The van der Waals surface area contributed by atoms with Gasteiger partial charge in [0.05, 0.1) is 6.54 Å². The first-order valence-electron chi connectivity index (χ1n) is 9.35. The first kappa shape index (κ1) is 19.3. The van der Waals surface area contributed by atoms with Crippen LogP contribution in [0.25, 0.3) is 0 Å². The summed E-state index contributed by atoms with van der Waals surface area (Å²) in [4.78, 5) is 16.0. The van der Waals surface area contributed by atoms with E-state index >= 15 is 0 Å². The highest BCUT2D eigenvalue weighted by atomic mass is 16.1. The smallest absolute Gasteiger partial charge is 0.248 e. The van der Waals surface area contributed by atoms with Gasteiger partial charge >= 0.3 is 0 Å². The summed E-state index contributed by atoms with van der Waals surface area (Å²) in [5, 5.41) is 6.84. The fourth-order valence-electron chi connectivity index (χ4n) is 3.60. The monoisotopic (exact) mass is 344 g/mol. The molecule has 0 atom stereocenters. The second-order valence-electron chi connectivity index (χ2n) is 7.56. The van der Waals surface area contributed by atoms with Crippen molar-refractivity contribution in [3.05, 3.63) is 35.4 Å². The van der Waals surface area contributed by atoms with Gasteiger partial charge in [0.25, 0.3) is 0 Å². The second-order valence-corrected chi connectivity index (χ2v) is 7.56. The molecule has 1 aliphatic carbocycles. The molecule has 1 aromatic rings. The predicted molar refractivity (Wildman–Crippen MR) is 104 cm³/mol. The van der Waals surface area contributed by atoms with Crippen LogP contribution < -0.4 is 16.4 Å². The lowest BCUT2D eigenvalue weighted by Crippen LogP contribution is -2.47. The van der Waals surface area contributed by atoms with Gasteiger partial charge in [0.2, 0.25) is 5.91 Å². The van der Waals surface area contributed by atoms with E-state index in [0.717, 1.165) is 30.5 Å². The molecule has 25 heavy (non-hydrogen) atoms. The van der Waals surface area contributed by atoms with Crippen molar-refractivity contribution in [2.24, 2.45) is 22.1 Å². The third-order valence-electron chi connectivity index (χ3n) is 4.86. The number of carbonyl (C=O) groups is 1. The molecule has 4 N–H and O–H groups in total. The molecular weight excluding hydrogens is 312 g/mol. The van der Waals surface area contributed by atoms with Gasteiger partial charge in [0.1, 0.15) is 0 Å². The Morgan fingerprint density at radius 2 is 2.08 bits per heavy atom. The zero-order chi connectivity index (χ0) is 18.3. The van der Waals surface area contributed by atoms with Crippen LogP contribution in [0.2, 0.25) is 0 Å². The highest BCUT2D eigenvalue weighted by Crippen LogP contribution is 2.45. The van der Waals surface area contributed by atoms with Gasteiger partial charge in [-0.05, 0) is 55.2 Å². The molecule has 0 radical (unpaired) electrons. The van der Waals surface area contributed by atoms with Crippen LogP contribution in [0.5, 0.6) is 0 Å². The number of primary amides is 1. The topological polar surface area (TPSA) is 79.5 Å². The molecule has 0 saturated heterocycles. The Morgan fingerprint density at radius 1 is 1.32 bits per heavy atom. The van der Waals surface area contributed by atoms with Gasteiger partial charge in [-0.1, -0.05) is 32.4 Å². The number of nitrogens with zero attached hydrogens (tertiary/aromatic N) is 1. The van der Waals surface area contributed by atoms with Crippen LogP contribution in [0.4, 0.5) is 0 Å². The summed E-state index contributed by atoms with van der Waals surface area (Å²) in [7, 11) is 0. The number of aliphatic imine (C=N–C) groups is 1. The van der Waals surface area contributed by atoms with Gasteiger partial charge in [-0.25, -0.2) is 4.99 Å². The van der Waals surface area contributed by atoms with Crippen molar-refractivity contribution in [1.82, 2.24) is 10.6 Å². The average molecular weight is 345 g/mol. The summed E-state index contributed by atoms with van der Waals surface area (Å²) in [6, 6.07) is 7.34. The number of guanidine groups is 1. The summed E-state index contributed by atoms with van der Waals surface area (Å²) in [6.07, 6.45) is 5.21. The summed E-state index contributed by atoms with van der Waals surface area (Å²) in [5.41, 5.74) is 7.28. The summed E-state index contributed by atoms with van der Waals surface area (Å²) >= 11 is 0. The van der Waals surface area contributed by atoms with E-state index in [1.165, 1.54) is 25.7 Å². The van der Waals surface area contributed by atoms with E-state index in [1.54, 1.807) is 6.07 Å². The normalized spacial score (nSPS) is 16.4. The Kier molecular flexibility index (Phi) is 6.85. The fourth-order valence-corrected chi connectivity index (χ4v) is 3.60. The quantitative estimate of drug-likeness (QED) is 0.501. The van der Waals surface area contributed by atoms with Crippen molar-refractivity contribution in [2.75, 3.05) is 13.1 Å². The van der Waals surface area contributed by atoms with Gasteiger partial charge < -0.3 is 16.4 Å². The maximum Gasteiger partial charge on any atom is 0.248 e. The van der Waals surface area contributed by atoms with E-state index in [1.807, 2.05) is 18.2 Å². The van der Waals surface area contributed by atoms with Crippen LogP contribution in [-0.4, -0.2) is 25.0 Å². The average Bonchev–Trinajstić information content (AvgIpc) is 2.54. The molecule has 0 bridgehead atoms. The Bertz CT molecular complexity index is 605. The van der Waals surface area contributed by atoms with E-state index < -0.39 is 5.91 Å². The van der Waals surface area contributed by atoms with Gasteiger partial charge in [0.15, 0.2) is 5.96 Å². The second kappa shape index (κ2) is 8.88. The first-order valence-corrected chi connectivity index (χ1v) is 9.35. The van der Waals surface area contributed by atoms with Gasteiger partial charge in [-0.3, -0.25) is 4.79 Å². The van der Waals surface area contributed by atoms with E-state index in [4.69, 9.17) is 5.73 Å². The maximum absolute atomic E-state index is 11.3. The number of benzene rings is 1. The van der Waals surface area contributed by atoms with Crippen LogP contribution in [-0.2, 0) is 6.54 Å². The molecule has 2 rings (SSSR count). The van der Waals surface area contributed by atoms with Crippen molar-refractivity contribution < 1.29 is 4.79 Å². The van der Waals surface area contributed by atoms with Crippen LogP contribution in [0.3, 0.4) is 0 Å². The first-order chi connectivity index (χ1) is 11.9. The van der Waals surface area contributed by atoms with Crippen LogP contribution in [0.1, 0.15) is 62.4 Å². The summed E-state index contributed by atoms with van der Waals surface area (Å²) < 4.78 is 0. The Morgan fingerprint density at radius 3 is 2.64 bits per heavy atom. The lowest BCUT2D eigenvalue weighted by Gasteiger charge is -2.43. The van der Waals surface area contributed by atoms with Crippen LogP contribution >= 0.6 is 0 Å². The number of nitrogens with two attached hydrogens (primary N) is 1. The summed E-state index contributed by atoms with van der Waals surface area (Å²) in [5.74, 6) is 1.15. The van der Waals surface area contributed by atoms with E-state index in [-0.39, 0.29) is 0 Å². The number of hydrogen-bond acceptors (Lipinski definition) is 2. The van der Waals surface area contributed by atoms with Gasteiger partial charge in [-0.2, -0.15) is 0 Å². The van der Waals surface area contributed by atoms with E-state index in [0.29, 0.717) is 17.5 Å². The molecule has 1 saturated carbocycles. The molecule has 0 aromatic heterocycles. The number of nitrogens with one attached hydrogen (secondary N) is 2. The molecule has 5 nitrogen and oxygen atoms in total. The lowest BCUT2D eigenvalue weighted by molar-refractivity contribution is 0.1000. The number of amides is 1. The Labute approximate surface area is 151 Å². The largest absolute Gasteiger partial charge is 0.366 e. The van der Waals surface area contributed by atoms with Crippen molar-refractivity contribution in [1.29, 1.82) is 0 Å². The molecule has 1 aromatic carbocycles. The molecule has 0 aliphatic heterocycles. The minimum absolute atomic E-state index is 0.406. The number of rotatable bonds is 8. The van der Waals surface area contributed by atoms with Crippen molar-refractivity contribution in [2.45, 2.75) is 53.0 Å². The molecule has 1 aliphatic rings. The summed E-state index contributed by atoms with van der Waals surface area (Å²) in [6.45, 7) is 8.98. The zero-order valence-corrected chi connectivity index (χ0v) is 15.8. The van der Waals surface area contributed by atoms with Gasteiger partial charge in [0, 0.05) is 18.7 Å². The standard InChI is InChI=1S/C20H32N4O/c1-4-22-19(24-14-20(9-6-10-20)12-15(2)3)23-13-16-7-5-8-17(11-16)18(21)25/h5,7-8,11,15H,4,6,9-10,12-14H2,1-3H3,(H2,21,25)(H2,22,23,24). The minimum Gasteiger partial charge on any atom is -0.366 e. The molecule has 138 valence electrons. The lowest BCUT2D eigenvalue weighted by atomic mass is 9.64. The van der Waals surface area contributed by atoms with Crippen LogP contribution in [0.15, 0.2) is 29.3 Å². The van der Waals surface area contributed by atoms with Crippen molar-refractivity contribution >= 4 is 11.9 Å². The van der Waals surface area contributed by atoms with Gasteiger partial charge in [-0.15, -0.1) is 0 Å². The van der Waals surface area contributed by atoms with Crippen molar-refractivity contribution in [3.63, 3.8) is 0 Å². The Balaban J connectivity index is 1.98. The molecule has 1 fully saturated rings. The highest BCUT2D eigenvalue weighted by Gasteiger charge is 2.37.